The second kappa shape index (κ2) is 6.82. The van der Waals surface area contributed by atoms with Crippen molar-refractivity contribution in [3.8, 4) is 0 Å². The molecule has 0 aliphatic heterocycles. The third-order valence-corrected chi connectivity index (χ3v) is 6.31. The highest BCUT2D eigenvalue weighted by atomic mass is 16.2. The van der Waals surface area contributed by atoms with Crippen LogP contribution >= 0.6 is 0 Å². The summed E-state index contributed by atoms with van der Waals surface area (Å²) >= 11 is 0. The molecule has 29 heavy (non-hydrogen) atoms. The van der Waals surface area contributed by atoms with Gasteiger partial charge in [-0.3, -0.25) is 19.1 Å². The molecular weight excluding hydrogens is 368 g/mol. The zero-order chi connectivity index (χ0) is 20.3. The predicted molar refractivity (Wildman–Crippen MR) is 110 cm³/mol. The Morgan fingerprint density at radius 1 is 1.17 bits per heavy atom. The van der Waals surface area contributed by atoms with Gasteiger partial charge in [0.2, 0.25) is 0 Å². The first-order chi connectivity index (χ1) is 13.9. The van der Waals surface area contributed by atoms with Crippen molar-refractivity contribution < 1.29 is 4.79 Å². The summed E-state index contributed by atoms with van der Waals surface area (Å²) in [5.41, 5.74) is 0.536. The van der Waals surface area contributed by atoms with E-state index in [-0.39, 0.29) is 23.3 Å². The molecule has 2 heterocycles. The zero-order valence-electron chi connectivity index (χ0n) is 17.0. The van der Waals surface area contributed by atoms with Crippen LogP contribution in [0.4, 0.5) is 0 Å². The van der Waals surface area contributed by atoms with Crippen LogP contribution in [0.3, 0.4) is 0 Å². The minimum absolute atomic E-state index is 0.204. The lowest BCUT2D eigenvalue weighted by Gasteiger charge is -2.19. The van der Waals surface area contributed by atoms with Gasteiger partial charge in [-0.15, -0.1) is 0 Å². The van der Waals surface area contributed by atoms with Gasteiger partial charge >= 0.3 is 5.69 Å². The molecular formula is C22H28N4O3. The van der Waals surface area contributed by atoms with Crippen LogP contribution in [-0.4, -0.2) is 26.5 Å². The van der Waals surface area contributed by atoms with Crippen LogP contribution in [0.5, 0.6) is 0 Å². The number of hydrogen-bond acceptors (Lipinski definition) is 4. The van der Waals surface area contributed by atoms with Crippen LogP contribution in [0.15, 0.2) is 15.7 Å². The van der Waals surface area contributed by atoms with E-state index in [1.165, 1.54) is 30.3 Å². The highest BCUT2D eigenvalue weighted by Gasteiger charge is 2.42. The molecule has 0 unspecified atom stereocenters. The second-order valence-electron chi connectivity index (χ2n) is 9.51. The third kappa shape index (κ3) is 3.63. The van der Waals surface area contributed by atoms with Gasteiger partial charge in [0.25, 0.3) is 11.5 Å². The number of fused-ring (bicyclic) bond motifs is 1. The minimum Gasteiger partial charge on any atom is -0.349 e. The van der Waals surface area contributed by atoms with E-state index in [4.69, 9.17) is 4.98 Å². The summed E-state index contributed by atoms with van der Waals surface area (Å²) in [4.78, 5) is 45.7. The smallest absolute Gasteiger partial charge is 0.330 e. The van der Waals surface area contributed by atoms with Gasteiger partial charge < -0.3 is 5.32 Å². The topological polar surface area (TPSA) is 96.9 Å². The molecule has 0 bridgehead atoms. The molecule has 0 aromatic carbocycles. The average molecular weight is 396 g/mol. The monoisotopic (exact) mass is 396 g/mol. The van der Waals surface area contributed by atoms with Crippen molar-refractivity contribution in [2.75, 3.05) is 0 Å². The molecule has 7 heteroatoms. The van der Waals surface area contributed by atoms with Gasteiger partial charge in [0.15, 0.2) is 5.65 Å². The number of aromatic amines is 1. The highest BCUT2D eigenvalue weighted by molar-refractivity contribution is 6.05. The Bertz CT molecular complexity index is 1080. The summed E-state index contributed by atoms with van der Waals surface area (Å²) in [5, 5.41) is 3.46. The van der Waals surface area contributed by atoms with E-state index in [0.29, 0.717) is 35.5 Å². The average Bonchev–Trinajstić information content (AvgIpc) is 3.55. The largest absolute Gasteiger partial charge is 0.349 e. The predicted octanol–water partition coefficient (Wildman–Crippen LogP) is 2.54. The van der Waals surface area contributed by atoms with Crippen molar-refractivity contribution in [1.82, 2.24) is 19.9 Å². The lowest BCUT2D eigenvalue weighted by molar-refractivity contribution is 0.0927. The van der Waals surface area contributed by atoms with Crippen molar-refractivity contribution in [3.05, 3.63) is 38.2 Å². The van der Waals surface area contributed by atoms with Gasteiger partial charge in [-0.1, -0.05) is 13.8 Å². The Morgan fingerprint density at radius 3 is 2.38 bits per heavy atom. The minimum atomic E-state index is -0.528. The number of hydrogen-bond donors (Lipinski definition) is 2. The van der Waals surface area contributed by atoms with Crippen molar-refractivity contribution in [1.29, 1.82) is 0 Å². The molecule has 5 rings (SSSR count). The summed E-state index contributed by atoms with van der Waals surface area (Å²) in [6.07, 6.45) is 6.73. The first-order valence-corrected chi connectivity index (χ1v) is 10.9. The van der Waals surface area contributed by atoms with E-state index in [9.17, 15) is 14.4 Å². The number of nitrogens with one attached hydrogen (secondary N) is 2. The molecule has 0 atom stereocenters. The summed E-state index contributed by atoms with van der Waals surface area (Å²) < 4.78 is 1.52. The molecule has 3 saturated carbocycles. The number of pyridine rings is 1. The Balaban J connectivity index is 1.64. The van der Waals surface area contributed by atoms with Crippen molar-refractivity contribution in [2.45, 2.75) is 70.9 Å². The van der Waals surface area contributed by atoms with Crippen LogP contribution < -0.4 is 16.6 Å². The molecule has 7 nitrogen and oxygen atoms in total. The van der Waals surface area contributed by atoms with Crippen molar-refractivity contribution in [2.24, 2.45) is 17.8 Å². The van der Waals surface area contributed by atoms with Crippen LogP contribution in [-0.2, 0) is 6.54 Å². The van der Waals surface area contributed by atoms with Gasteiger partial charge in [0, 0.05) is 24.2 Å². The molecule has 0 spiro atoms. The number of amides is 1. The summed E-state index contributed by atoms with van der Waals surface area (Å²) in [6, 6.07) is 1.99. The number of carbonyl (C=O) groups excluding carboxylic acids is 1. The maximum atomic E-state index is 13.3. The Kier molecular flexibility index (Phi) is 4.37. The van der Waals surface area contributed by atoms with E-state index in [2.05, 4.69) is 10.3 Å². The maximum absolute atomic E-state index is 13.3. The number of nitrogens with zero attached hydrogens (tertiary/aromatic N) is 2. The number of aromatic nitrogens is 3. The van der Waals surface area contributed by atoms with Crippen LogP contribution in [0, 0.1) is 17.8 Å². The van der Waals surface area contributed by atoms with E-state index < -0.39 is 11.2 Å². The Morgan fingerprint density at radius 2 is 1.83 bits per heavy atom. The van der Waals surface area contributed by atoms with Gasteiger partial charge in [-0.05, 0) is 62.3 Å². The number of H-pyrrole nitrogens is 1. The van der Waals surface area contributed by atoms with Crippen LogP contribution in [0.1, 0.15) is 74.3 Å². The molecule has 3 aliphatic rings. The standard InChI is InChI=1S/C22H28N4O3/c1-11(2)10-26-19-17(21(28)25-22(26)29)15(9-16(23-19)12-3-4-12)20(27)24-18(13-5-6-13)14-7-8-14/h9,11-14,18H,3-8,10H2,1-2H3,(H,24,27)(H,25,28,29). The lowest BCUT2D eigenvalue weighted by atomic mass is 10.0. The second-order valence-corrected chi connectivity index (χ2v) is 9.51. The SMILES string of the molecule is CC(C)Cn1c(=O)[nH]c(=O)c2c(C(=O)NC(C3CC3)C3CC3)cc(C3CC3)nc21. The molecule has 2 aromatic heterocycles. The summed E-state index contributed by atoms with van der Waals surface area (Å²) in [5.74, 6) is 1.46. The fourth-order valence-corrected chi connectivity index (χ4v) is 4.36. The maximum Gasteiger partial charge on any atom is 0.330 e. The van der Waals surface area contributed by atoms with Gasteiger partial charge in [0.1, 0.15) is 0 Å². The van der Waals surface area contributed by atoms with Gasteiger partial charge in [0.05, 0.1) is 10.9 Å². The van der Waals surface area contributed by atoms with E-state index in [0.717, 1.165) is 18.5 Å². The van der Waals surface area contributed by atoms with E-state index in [1.807, 2.05) is 13.8 Å². The highest BCUT2D eigenvalue weighted by Crippen LogP contribution is 2.45. The molecule has 2 N–H and O–H groups in total. The van der Waals surface area contributed by atoms with E-state index >= 15 is 0 Å². The van der Waals surface area contributed by atoms with E-state index in [1.54, 1.807) is 6.07 Å². The fourth-order valence-electron chi connectivity index (χ4n) is 4.36. The molecule has 0 saturated heterocycles. The van der Waals surface area contributed by atoms with Gasteiger partial charge in [-0.2, -0.15) is 0 Å². The summed E-state index contributed by atoms with van der Waals surface area (Å²) in [6.45, 7) is 4.47. The molecule has 154 valence electrons. The molecule has 2 aromatic rings. The first kappa shape index (κ1) is 18.6. The number of rotatable bonds is 7. The fraction of sp³-hybridized carbons (Fsp3) is 0.636. The number of carbonyl (C=O) groups is 1. The van der Waals surface area contributed by atoms with Crippen molar-refractivity contribution >= 4 is 16.9 Å². The van der Waals surface area contributed by atoms with Gasteiger partial charge in [-0.25, -0.2) is 9.78 Å². The van der Waals surface area contributed by atoms with Crippen LogP contribution in [0.25, 0.3) is 11.0 Å². The quantitative estimate of drug-likeness (QED) is 0.752. The Labute approximate surface area is 168 Å². The third-order valence-electron chi connectivity index (χ3n) is 6.31. The molecule has 3 fully saturated rings. The van der Waals surface area contributed by atoms with Crippen LogP contribution in [0.2, 0.25) is 0 Å². The Hall–Kier alpha value is -2.44. The summed E-state index contributed by atoms with van der Waals surface area (Å²) in [7, 11) is 0. The lowest BCUT2D eigenvalue weighted by Crippen LogP contribution is -2.39. The zero-order valence-corrected chi connectivity index (χ0v) is 17.0. The molecule has 3 aliphatic carbocycles. The normalized spacial score (nSPS) is 19.3. The first-order valence-electron chi connectivity index (χ1n) is 10.9. The van der Waals surface area contributed by atoms with Crippen molar-refractivity contribution in [3.63, 3.8) is 0 Å². The molecule has 0 radical (unpaired) electrons. The molecule has 1 amide bonds.